The Labute approximate surface area is 258 Å². The molecule has 0 spiro atoms. The lowest BCUT2D eigenvalue weighted by molar-refractivity contribution is 1.18. The summed E-state index contributed by atoms with van der Waals surface area (Å²) in [5.74, 6) is 0. The van der Waals surface area contributed by atoms with Gasteiger partial charge in [-0.2, -0.15) is 0 Å². The zero-order valence-electron chi connectivity index (χ0n) is 23.8. The highest BCUT2D eigenvalue weighted by Crippen LogP contribution is 2.44. The molecule has 1 nitrogen and oxygen atoms in total. The summed E-state index contributed by atoms with van der Waals surface area (Å²) in [7, 11) is 0. The van der Waals surface area contributed by atoms with Crippen LogP contribution < -0.4 is 0 Å². The van der Waals surface area contributed by atoms with Crippen molar-refractivity contribution >= 4 is 75.5 Å². The van der Waals surface area contributed by atoms with E-state index < -0.39 is 0 Å². The third-order valence-corrected chi connectivity index (χ3v) is 10.5. The lowest BCUT2D eigenvalue weighted by Gasteiger charge is -2.16. The molecular formula is C42H25NS. The SMILES string of the molecule is c1cc(-c2ccc3ccc4c(-c5cc6ccccc6s5)ccc5ccc2c3c54)cc(-n2c3ccccc3c3ccccc32)c1. The molecule has 0 bridgehead atoms. The van der Waals surface area contributed by atoms with Gasteiger partial charge in [0.2, 0.25) is 0 Å². The number of rotatable bonds is 3. The van der Waals surface area contributed by atoms with E-state index >= 15 is 0 Å². The maximum atomic E-state index is 2.40. The highest BCUT2D eigenvalue weighted by Gasteiger charge is 2.17. The molecule has 0 aliphatic carbocycles. The molecule has 2 heteroatoms. The monoisotopic (exact) mass is 575 g/mol. The maximum Gasteiger partial charge on any atom is 0.0541 e. The molecule has 0 fully saturated rings. The van der Waals surface area contributed by atoms with E-state index in [-0.39, 0.29) is 0 Å². The Bertz CT molecular complexity index is 2640. The van der Waals surface area contributed by atoms with Crippen molar-refractivity contribution in [3.05, 3.63) is 152 Å². The summed E-state index contributed by atoms with van der Waals surface area (Å²) in [5.41, 5.74) is 7.45. The molecular weight excluding hydrogens is 551 g/mol. The molecule has 8 aromatic carbocycles. The zero-order chi connectivity index (χ0) is 28.8. The molecule has 44 heavy (non-hydrogen) atoms. The average Bonchev–Trinajstić information content (AvgIpc) is 3.67. The first-order chi connectivity index (χ1) is 21.8. The van der Waals surface area contributed by atoms with Gasteiger partial charge in [0.25, 0.3) is 0 Å². The number of fused-ring (bicyclic) bond motifs is 4. The van der Waals surface area contributed by atoms with Crippen LogP contribution in [0.2, 0.25) is 0 Å². The third-order valence-electron chi connectivity index (χ3n) is 9.35. The van der Waals surface area contributed by atoms with Crippen LogP contribution in [0.25, 0.3) is 91.5 Å². The molecule has 204 valence electrons. The molecule has 2 aromatic heterocycles. The van der Waals surface area contributed by atoms with Crippen LogP contribution in [0.3, 0.4) is 0 Å². The number of thiophene rings is 1. The second-order valence-corrected chi connectivity index (χ2v) is 12.8. The van der Waals surface area contributed by atoms with Gasteiger partial charge < -0.3 is 4.57 Å². The van der Waals surface area contributed by atoms with Gasteiger partial charge in [-0.25, -0.2) is 0 Å². The van der Waals surface area contributed by atoms with Crippen LogP contribution in [-0.2, 0) is 0 Å². The van der Waals surface area contributed by atoms with Crippen molar-refractivity contribution in [2.75, 3.05) is 0 Å². The molecule has 0 saturated heterocycles. The van der Waals surface area contributed by atoms with Crippen LogP contribution in [0, 0.1) is 0 Å². The van der Waals surface area contributed by atoms with E-state index in [2.05, 4.69) is 156 Å². The van der Waals surface area contributed by atoms with E-state index in [1.165, 1.54) is 91.5 Å². The number of aromatic nitrogens is 1. The van der Waals surface area contributed by atoms with E-state index in [4.69, 9.17) is 0 Å². The topological polar surface area (TPSA) is 4.93 Å². The lowest BCUT2D eigenvalue weighted by atomic mass is 9.88. The summed E-state index contributed by atoms with van der Waals surface area (Å²) in [4.78, 5) is 1.32. The average molecular weight is 576 g/mol. The Kier molecular flexibility index (Phi) is 4.94. The Morgan fingerprint density at radius 1 is 0.409 bits per heavy atom. The molecule has 0 unspecified atom stereocenters. The van der Waals surface area contributed by atoms with E-state index in [0.717, 1.165) is 0 Å². The van der Waals surface area contributed by atoms with Gasteiger partial charge in [0.1, 0.15) is 0 Å². The first-order valence-corrected chi connectivity index (χ1v) is 15.9. The van der Waals surface area contributed by atoms with Crippen LogP contribution in [0.4, 0.5) is 0 Å². The summed E-state index contributed by atoms with van der Waals surface area (Å²) >= 11 is 1.88. The summed E-state index contributed by atoms with van der Waals surface area (Å²) in [5, 5.41) is 11.8. The molecule has 0 radical (unpaired) electrons. The van der Waals surface area contributed by atoms with Crippen molar-refractivity contribution < 1.29 is 0 Å². The number of benzene rings is 8. The summed E-state index contributed by atoms with van der Waals surface area (Å²) in [6, 6.07) is 56.0. The lowest BCUT2D eigenvalue weighted by Crippen LogP contribution is -1.94. The smallest absolute Gasteiger partial charge is 0.0541 e. The fraction of sp³-hybridized carbons (Fsp3) is 0. The number of nitrogens with zero attached hydrogens (tertiary/aromatic N) is 1. The van der Waals surface area contributed by atoms with Gasteiger partial charge in [-0.05, 0) is 90.8 Å². The Morgan fingerprint density at radius 2 is 1.02 bits per heavy atom. The van der Waals surface area contributed by atoms with Crippen molar-refractivity contribution in [1.29, 1.82) is 0 Å². The van der Waals surface area contributed by atoms with E-state index in [1.807, 2.05) is 11.3 Å². The van der Waals surface area contributed by atoms with Crippen molar-refractivity contribution in [3.63, 3.8) is 0 Å². The second kappa shape index (κ2) is 9.03. The molecule has 0 aliphatic rings. The highest BCUT2D eigenvalue weighted by atomic mass is 32.1. The maximum absolute atomic E-state index is 2.40. The Balaban J connectivity index is 1.21. The Morgan fingerprint density at radius 3 is 1.75 bits per heavy atom. The van der Waals surface area contributed by atoms with Crippen LogP contribution in [0.15, 0.2) is 152 Å². The van der Waals surface area contributed by atoms with Gasteiger partial charge in [-0.3, -0.25) is 0 Å². The third kappa shape index (κ3) is 3.35. The minimum absolute atomic E-state index is 1.18. The molecule has 0 amide bonds. The standard InChI is InChI=1S/C42H25NS/c1-6-15-39-29(8-1)25-40(44-39)34-21-17-27-18-22-35-31(20-16-26-19-23-36(34)42(27)41(26)35)28-9-7-10-30(24-28)43-37-13-4-2-11-32(37)33-12-3-5-14-38(33)43/h1-25H. The molecule has 0 saturated carbocycles. The van der Waals surface area contributed by atoms with E-state index in [0.29, 0.717) is 0 Å². The molecule has 0 atom stereocenters. The minimum atomic E-state index is 1.18. The first-order valence-electron chi connectivity index (χ1n) is 15.1. The van der Waals surface area contributed by atoms with Gasteiger partial charge in [0.05, 0.1) is 11.0 Å². The van der Waals surface area contributed by atoms with Gasteiger partial charge in [0, 0.05) is 26.0 Å². The van der Waals surface area contributed by atoms with Gasteiger partial charge >= 0.3 is 0 Å². The van der Waals surface area contributed by atoms with Crippen molar-refractivity contribution in [1.82, 2.24) is 4.57 Å². The zero-order valence-corrected chi connectivity index (χ0v) is 24.6. The normalized spacial score (nSPS) is 12.1. The minimum Gasteiger partial charge on any atom is -0.309 e. The van der Waals surface area contributed by atoms with Crippen molar-refractivity contribution in [3.8, 4) is 27.3 Å². The van der Waals surface area contributed by atoms with Crippen LogP contribution in [-0.4, -0.2) is 4.57 Å². The van der Waals surface area contributed by atoms with Crippen molar-refractivity contribution in [2.45, 2.75) is 0 Å². The van der Waals surface area contributed by atoms with Crippen molar-refractivity contribution in [2.24, 2.45) is 0 Å². The van der Waals surface area contributed by atoms with Crippen LogP contribution >= 0.6 is 11.3 Å². The predicted molar refractivity (Wildman–Crippen MR) is 191 cm³/mol. The molecule has 2 heterocycles. The van der Waals surface area contributed by atoms with Gasteiger partial charge in [-0.1, -0.05) is 115 Å². The van der Waals surface area contributed by atoms with Gasteiger partial charge in [-0.15, -0.1) is 11.3 Å². The predicted octanol–water partition coefficient (Wildman–Crippen LogP) is 12.2. The van der Waals surface area contributed by atoms with Crippen LogP contribution in [0.1, 0.15) is 0 Å². The summed E-state index contributed by atoms with van der Waals surface area (Å²) in [6.45, 7) is 0. The largest absolute Gasteiger partial charge is 0.309 e. The molecule has 10 rings (SSSR count). The quantitative estimate of drug-likeness (QED) is 0.185. The van der Waals surface area contributed by atoms with E-state index in [9.17, 15) is 0 Å². The summed E-state index contributed by atoms with van der Waals surface area (Å²) in [6.07, 6.45) is 0. The highest BCUT2D eigenvalue weighted by molar-refractivity contribution is 7.22. The number of hydrogen-bond donors (Lipinski definition) is 0. The van der Waals surface area contributed by atoms with Crippen LogP contribution in [0.5, 0.6) is 0 Å². The fourth-order valence-corrected chi connectivity index (χ4v) is 8.50. The second-order valence-electron chi connectivity index (χ2n) is 11.7. The summed E-state index contributed by atoms with van der Waals surface area (Å²) < 4.78 is 3.74. The number of para-hydroxylation sites is 2. The molecule has 0 aliphatic heterocycles. The molecule has 0 N–H and O–H groups in total. The fourth-order valence-electron chi connectivity index (χ4n) is 7.40. The first kappa shape index (κ1) is 24.0. The molecule has 10 aromatic rings. The number of hydrogen-bond acceptors (Lipinski definition) is 1. The van der Waals surface area contributed by atoms with Gasteiger partial charge in [0.15, 0.2) is 0 Å². The van der Waals surface area contributed by atoms with E-state index in [1.54, 1.807) is 0 Å². The Hall–Kier alpha value is -5.44.